The normalized spacial score (nSPS) is 16.5. The fraction of sp³-hybridized carbons (Fsp3) is 0.529. The van der Waals surface area contributed by atoms with Crippen LogP contribution in [0, 0.1) is 5.92 Å². The molecule has 0 spiro atoms. The number of nitrogens with one attached hydrogen (secondary N) is 3. The first-order valence-electron chi connectivity index (χ1n) is 8.20. The van der Waals surface area contributed by atoms with Gasteiger partial charge in [-0.3, -0.25) is 9.59 Å². The molecule has 2 aliphatic rings. The maximum atomic E-state index is 11.7. The number of benzene rings is 1. The molecule has 0 aromatic heterocycles. The van der Waals surface area contributed by atoms with Crippen molar-refractivity contribution in [3.63, 3.8) is 0 Å². The average molecular weight is 354 g/mol. The van der Waals surface area contributed by atoms with Crippen LogP contribution < -0.4 is 20.7 Å². The molecule has 132 valence electrons. The largest absolute Gasteiger partial charge is 0.484 e. The van der Waals surface area contributed by atoms with E-state index in [0.29, 0.717) is 18.3 Å². The van der Waals surface area contributed by atoms with Gasteiger partial charge >= 0.3 is 0 Å². The molecule has 1 aromatic rings. The minimum Gasteiger partial charge on any atom is -0.484 e. The number of ether oxygens (including phenoxy) is 1. The van der Waals surface area contributed by atoms with Crippen LogP contribution in [0.5, 0.6) is 5.75 Å². The van der Waals surface area contributed by atoms with Gasteiger partial charge in [0.1, 0.15) is 5.75 Å². The Bertz CT molecular complexity index is 557. The van der Waals surface area contributed by atoms with Gasteiger partial charge in [-0.1, -0.05) is 12.1 Å². The van der Waals surface area contributed by atoms with Gasteiger partial charge in [-0.25, -0.2) is 0 Å². The minimum absolute atomic E-state index is 0. The number of carbonyl (C=O) groups excluding carboxylic acids is 2. The Morgan fingerprint density at radius 2 is 1.88 bits per heavy atom. The van der Waals surface area contributed by atoms with Crippen LogP contribution in [0.3, 0.4) is 0 Å². The van der Waals surface area contributed by atoms with E-state index in [9.17, 15) is 9.59 Å². The fourth-order valence-corrected chi connectivity index (χ4v) is 2.35. The molecule has 1 aromatic carbocycles. The maximum absolute atomic E-state index is 11.7. The summed E-state index contributed by atoms with van der Waals surface area (Å²) < 4.78 is 5.46. The fourth-order valence-electron chi connectivity index (χ4n) is 2.35. The molecule has 2 amide bonds. The van der Waals surface area contributed by atoms with Crippen LogP contribution in [-0.2, 0) is 16.0 Å². The molecule has 6 nitrogen and oxygen atoms in total. The molecule has 3 N–H and O–H groups in total. The van der Waals surface area contributed by atoms with Crippen LogP contribution in [-0.4, -0.2) is 44.1 Å². The van der Waals surface area contributed by atoms with Crippen molar-refractivity contribution >= 4 is 24.2 Å². The van der Waals surface area contributed by atoms with Crippen molar-refractivity contribution in [2.45, 2.75) is 25.3 Å². The summed E-state index contributed by atoms with van der Waals surface area (Å²) in [6.45, 7) is 2.26. The van der Waals surface area contributed by atoms with Crippen molar-refractivity contribution < 1.29 is 14.3 Å². The van der Waals surface area contributed by atoms with Gasteiger partial charge in [0.25, 0.3) is 5.91 Å². The molecule has 2 fully saturated rings. The lowest BCUT2D eigenvalue weighted by molar-refractivity contribution is -0.126. The molecule has 24 heavy (non-hydrogen) atoms. The van der Waals surface area contributed by atoms with Crippen molar-refractivity contribution in [1.29, 1.82) is 0 Å². The molecule has 0 radical (unpaired) electrons. The van der Waals surface area contributed by atoms with E-state index in [4.69, 9.17) is 4.74 Å². The quantitative estimate of drug-likeness (QED) is 0.641. The van der Waals surface area contributed by atoms with Gasteiger partial charge in [0, 0.05) is 25.7 Å². The summed E-state index contributed by atoms with van der Waals surface area (Å²) >= 11 is 0. The number of rotatable bonds is 8. The highest BCUT2D eigenvalue weighted by Gasteiger charge is 2.24. The predicted octanol–water partition coefficient (Wildman–Crippen LogP) is 0.644. The summed E-state index contributed by atoms with van der Waals surface area (Å²) in [5.74, 6) is 0.881. The van der Waals surface area contributed by atoms with E-state index in [1.54, 1.807) is 0 Å². The second kappa shape index (κ2) is 8.89. The van der Waals surface area contributed by atoms with Crippen LogP contribution in [0.1, 0.15) is 18.4 Å². The lowest BCUT2D eigenvalue weighted by atomic mass is 10.0. The standard InChI is InChI=1S/C17H23N3O3.ClH/c21-16(20-14-3-4-14)11-23-15-5-1-12(2-6-15)7-8-19-17(22)13-9-18-10-13;/h1-2,5-6,13-14,18H,3-4,7-11H2,(H,19,22)(H,20,21);1H. The Morgan fingerprint density at radius 3 is 2.46 bits per heavy atom. The molecule has 1 aliphatic heterocycles. The van der Waals surface area contributed by atoms with Crippen molar-refractivity contribution in [3.8, 4) is 5.75 Å². The molecule has 3 rings (SSSR count). The average Bonchev–Trinajstić information content (AvgIpc) is 3.28. The topological polar surface area (TPSA) is 79.5 Å². The van der Waals surface area contributed by atoms with E-state index in [-0.39, 0.29) is 36.7 Å². The van der Waals surface area contributed by atoms with Gasteiger partial charge in [-0.2, -0.15) is 0 Å². The first-order valence-corrected chi connectivity index (χ1v) is 8.20. The van der Waals surface area contributed by atoms with E-state index >= 15 is 0 Å². The zero-order valence-corrected chi connectivity index (χ0v) is 14.4. The third-order valence-corrected chi connectivity index (χ3v) is 4.10. The van der Waals surface area contributed by atoms with Crippen LogP contribution in [0.25, 0.3) is 0 Å². The first kappa shape index (κ1) is 18.5. The summed E-state index contributed by atoms with van der Waals surface area (Å²) in [5.41, 5.74) is 1.13. The summed E-state index contributed by atoms with van der Waals surface area (Å²) in [6.07, 6.45) is 2.94. The SMILES string of the molecule is Cl.O=C(COc1ccc(CCNC(=O)C2CNC2)cc1)NC1CC1. The smallest absolute Gasteiger partial charge is 0.258 e. The molecular weight excluding hydrogens is 330 g/mol. The van der Waals surface area contributed by atoms with E-state index in [2.05, 4.69) is 16.0 Å². The zero-order chi connectivity index (χ0) is 16.1. The van der Waals surface area contributed by atoms with E-state index in [1.165, 1.54) is 0 Å². The number of hydrogen-bond acceptors (Lipinski definition) is 4. The first-order chi connectivity index (χ1) is 11.2. The van der Waals surface area contributed by atoms with Crippen molar-refractivity contribution in [3.05, 3.63) is 29.8 Å². The minimum atomic E-state index is -0.0650. The van der Waals surface area contributed by atoms with Crippen LogP contribution >= 0.6 is 12.4 Å². The van der Waals surface area contributed by atoms with E-state index in [0.717, 1.165) is 37.9 Å². The molecule has 0 unspecified atom stereocenters. The number of halogens is 1. The number of carbonyl (C=O) groups is 2. The molecule has 1 saturated heterocycles. The Morgan fingerprint density at radius 1 is 1.17 bits per heavy atom. The van der Waals surface area contributed by atoms with Gasteiger partial charge in [0.05, 0.1) is 5.92 Å². The summed E-state index contributed by atoms with van der Waals surface area (Å²) in [5, 5.41) is 8.92. The molecular formula is C17H24ClN3O3. The summed E-state index contributed by atoms with van der Waals surface area (Å²) in [4.78, 5) is 23.2. The lowest BCUT2D eigenvalue weighted by Crippen LogP contribution is -2.51. The van der Waals surface area contributed by atoms with Gasteiger partial charge < -0.3 is 20.7 Å². The molecule has 0 atom stereocenters. The molecule has 7 heteroatoms. The predicted molar refractivity (Wildman–Crippen MR) is 93.4 cm³/mol. The number of amides is 2. The van der Waals surface area contributed by atoms with Gasteiger partial charge in [-0.05, 0) is 37.0 Å². The Hall–Kier alpha value is -1.79. The summed E-state index contributed by atoms with van der Waals surface area (Å²) in [6, 6.07) is 8.00. The second-order valence-electron chi connectivity index (χ2n) is 6.17. The zero-order valence-electron chi connectivity index (χ0n) is 13.5. The molecule has 1 heterocycles. The van der Waals surface area contributed by atoms with Crippen LogP contribution in [0.15, 0.2) is 24.3 Å². The van der Waals surface area contributed by atoms with Crippen molar-refractivity contribution in [2.75, 3.05) is 26.2 Å². The summed E-state index contributed by atoms with van der Waals surface area (Å²) in [7, 11) is 0. The molecule has 1 aliphatic carbocycles. The Balaban J connectivity index is 0.00000208. The monoisotopic (exact) mass is 353 g/mol. The molecule has 1 saturated carbocycles. The van der Waals surface area contributed by atoms with E-state index < -0.39 is 0 Å². The molecule has 0 bridgehead atoms. The highest BCUT2D eigenvalue weighted by Crippen LogP contribution is 2.18. The third-order valence-electron chi connectivity index (χ3n) is 4.10. The van der Waals surface area contributed by atoms with Gasteiger partial charge in [-0.15, -0.1) is 12.4 Å². The third kappa shape index (κ3) is 5.69. The highest BCUT2D eigenvalue weighted by molar-refractivity contribution is 5.85. The Labute approximate surface area is 148 Å². The van der Waals surface area contributed by atoms with E-state index in [1.807, 2.05) is 24.3 Å². The lowest BCUT2D eigenvalue weighted by Gasteiger charge is -2.25. The van der Waals surface area contributed by atoms with Gasteiger partial charge in [0.2, 0.25) is 5.91 Å². The van der Waals surface area contributed by atoms with Crippen molar-refractivity contribution in [1.82, 2.24) is 16.0 Å². The second-order valence-corrected chi connectivity index (χ2v) is 6.17. The van der Waals surface area contributed by atoms with Crippen molar-refractivity contribution in [2.24, 2.45) is 5.92 Å². The Kier molecular flexibility index (Phi) is 6.87. The van der Waals surface area contributed by atoms with Gasteiger partial charge in [0.15, 0.2) is 6.61 Å². The van der Waals surface area contributed by atoms with Crippen LogP contribution in [0.2, 0.25) is 0 Å². The maximum Gasteiger partial charge on any atom is 0.258 e. The highest BCUT2D eigenvalue weighted by atomic mass is 35.5. The van der Waals surface area contributed by atoms with Crippen LogP contribution in [0.4, 0.5) is 0 Å². The number of hydrogen-bond donors (Lipinski definition) is 3.